The molecule has 0 radical (unpaired) electrons. The minimum absolute atomic E-state index is 0.284. The summed E-state index contributed by atoms with van der Waals surface area (Å²) in [4.78, 5) is 15.1. The van der Waals surface area contributed by atoms with Crippen LogP contribution in [0.4, 0.5) is 0 Å². The van der Waals surface area contributed by atoms with Gasteiger partial charge in [0, 0.05) is 11.9 Å². The number of aryl methyl sites for hydroxylation is 2. The van der Waals surface area contributed by atoms with Crippen molar-refractivity contribution in [2.75, 3.05) is 0 Å². The van der Waals surface area contributed by atoms with E-state index >= 15 is 0 Å². The predicted octanol–water partition coefficient (Wildman–Crippen LogP) is 1.76. The van der Waals surface area contributed by atoms with Gasteiger partial charge in [-0.15, -0.1) is 0 Å². The van der Waals surface area contributed by atoms with Gasteiger partial charge in [0.25, 0.3) is 0 Å². The van der Waals surface area contributed by atoms with Crippen molar-refractivity contribution in [1.29, 1.82) is 0 Å². The number of pyridine rings is 1. The monoisotopic (exact) mass is 206 g/mol. The van der Waals surface area contributed by atoms with Crippen LogP contribution in [0.1, 0.15) is 36.6 Å². The average Bonchev–Trinajstić information content (AvgIpc) is 2.18. The van der Waals surface area contributed by atoms with Crippen molar-refractivity contribution in [3.63, 3.8) is 0 Å². The van der Waals surface area contributed by atoms with Gasteiger partial charge in [-0.2, -0.15) is 0 Å². The Hall–Kier alpha value is -1.38. The van der Waals surface area contributed by atoms with Gasteiger partial charge in [-0.1, -0.05) is 19.4 Å². The molecule has 0 fully saturated rings. The molecule has 3 heteroatoms. The van der Waals surface area contributed by atoms with E-state index in [1.807, 2.05) is 13.0 Å². The van der Waals surface area contributed by atoms with Crippen molar-refractivity contribution >= 4 is 5.91 Å². The Bertz CT molecular complexity index is 347. The predicted molar refractivity (Wildman–Crippen MR) is 60.5 cm³/mol. The van der Waals surface area contributed by atoms with Crippen LogP contribution in [-0.4, -0.2) is 10.9 Å². The molecule has 1 aromatic heterocycles. The summed E-state index contributed by atoms with van der Waals surface area (Å²) in [7, 11) is 0. The summed E-state index contributed by atoms with van der Waals surface area (Å²) in [5.74, 6) is -0.304. The van der Waals surface area contributed by atoms with E-state index in [0.29, 0.717) is 0 Å². The number of primary amides is 1. The Morgan fingerprint density at radius 3 is 2.87 bits per heavy atom. The standard InChI is InChI=1S/C12H18N2O/c1-3-4-5-11-6-10(7-12(13)15)8-14-9(11)2/h6,8H,3-5,7H2,1-2H3,(H2,13,15). The maximum absolute atomic E-state index is 10.8. The number of carbonyl (C=O) groups is 1. The van der Waals surface area contributed by atoms with Crippen LogP contribution in [-0.2, 0) is 17.6 Å². The van der Waals surface area contributed by atoms with E-state index in [2.05, 4.69) is 11.9 Å². The van der Waals surface area contributed by atoms with Crippen molar-refractivity contribution in [2.45, 2.75) is 39.5 Å². The van der Waals surface area contributed by atoms with Gasteiger partial charge in [-0.25, -0.2) is 0 Å². The lowest BCUT2D eigenvalue weighted by Gasteiger charge is -2.06. The summed E-state index contributed by atoms with van der Waals surface area (Å²) in [6.45, 7) is 4.16. The minimum atomic E-state index is -0.304. The third-order valence-corrected chi connectivity index (χ3v) is 2.43. The van der Waals surface area contributed by atoms with E-state index in [1.54, 1.807) is 6.20 Å². The third-order valence-electron chi connectivity index (χ3n) is 2.43. The molecule has 1 amide bonds. The molecule has 2 N–H and O–H groups in total. The Kier molecular flexibility index (Phi) is 4.28. The molecule has 0 unspecified atom stereocenters. The summed E-state index contributed by atoms with van der Waals surface area (Å²) in [6.07, 6.45) is 5.37. The Labute approximate surface area is 90.7 Å². The second-order valence-corrected chi connectivity index (χ2v) is 3.83. The SMILES string of the molecule is CCCCc1cc(CC(N)=O)cnc1C. The topological polar surface area (TPSA) is 56.0 Å². The Morgan fingerprint density at radius 1 is 1.53 bits per heavy atom. The Balaban J connectivity index is 2.79. The normalized spacial score (nSPS) is 10.3. The highest BCUT2D eigenvalue weighted by molar-refractivity contribution is 5.76. The quantitative estimate of drug-likeness (QED) is 0.798. The first-order valence-corrected chi connectivity index (χ1v) is 5.36. The van der Waals surface area contributed by atoms with Gasteiger partial charge in [0.15, 0.2) is 0 Å². The van der Waals surface area contributed by atoms with E-state index in [9.17, 15) is 4.79 Å². The van der Waals surface area contributed by atoms with Crippen LogP contribution >= 0.6 is 0 Å². The van der Waals surface area contributed by atoms with Crippen molar-refractivity contribution in [2.24, 2.45) is 5.73 Å². The van der Waals surface area contributed by atoms with Crippen molar-refractivity contribution in [3.8, 4) is 0 Å². The first kappa shape index (κ1) is 11.7. The number of amides is 1. The third kappa shape index (κ3) is 3.70. The number of carbonyl (C=O) groups excluding carboxylic acids is 1. The second-order valence-electron chi connectivity index (χ2n) is 3.83. The van der Waals surface area contributed by atoms with Crippen LogP contribution < -0.4 is 5.73 Å². The van der Waals surface area contributed by atoms with Crippen LogP contribution in [0.25, 0.3) is 0 Å². The zero-order valence-corrected chi connectivity index (χ0v) is 9.42. The van der Waals surface area contributed by atoms with Crippen LogP contribution in [0.2, 0.25) is 0 Å². The maximum atomic E-state index is 10.8. The number of hydrogen-bond acceptors (Lipinski definition) is 2. The molecule has 15 heavy (non-hydrogen) atoms. The van der Waals surface area contributed by atoms with Crippen molar-refractivity contribution in [1.82, 2.24) is 4.98 Å². The highest BCUT2D eigenvalue weighted by Crippen LogP contribution is 2.11. The maximum Gasteiger partial charge on any atom is 0.221 e. The Morgan fingerprint density at radius 2 is 2.27 bits per heavy atom. The van der Waals surface area contributed by atoms with Crippen LogP contribution in [0.15, 0.2) is 12.3 Å². The van der Waals surface area contributed by atoms with Gasteiger partial charge in [0.05, 0.1) is 6.42 Å². The van der Waals surface area contributed by atoms with Gasteiger partial charge in [-0.3, -0.25) is 9.78 Å². The second kappa shape index (κ2) is 5.49. The molecule has 1 heterocycles. The molecule has 3 nitrogen and oxygen atoms in total. The number of aromatic nitrogens is 1. The molecule has 0 saturated heterocycles. The van der Waals surface area contributed by atoms with Crippen LogP contribution in [0, 0.1) is 6.92 Å². The summed E-state index contributed by atoms with van der Waals surface area (Å²) < 4.78 is 0. The first-order valence-electron chi connectivity index (χ1n) is 5.36. The molecule has 1 rings (SSSR count). The zero-order valence-electron chi connectivity index (χ0n) is 9.42. The number of hydrogen-bond donors (Lipinski definition) is 1. The van der Waals surface area contributed by atoms with Gasteiger partial charge >= 0.3 is 0 Å². The molecule has 0 aromatic carbocycles. The molecule has 82 valence electrons. The van der Waals surface area contributed by atoms with Crippen LogP contribution in [0.5, 0.6) is 0 Å². The highest BCUT2D eigenvalue weighted by Gasteiger charge is 2.03. The van der Waals surface area contributed by atoms with Crippen molar-refractivity contribution < 1.29 is 4.79 Å². The molecule has 0 bridgehead atoms. The number of nitrogens with zero attached hydrogens (tertiary/aromatic N) is 1. The molecule has 0 aliphatic carbocycles. The van der Waals surface area contributed by atoms with Gasteiger partial charge in [-0.05, 0) is 30.9 Å². The van der Waals surface area contributed by atoms with Crippen molar-refractivity contribution in [3.05, 3.63) is 29.1 Å². The van der Waals surface area contributed by atoms with Gasteiger partial charge < -0.3 is 5.73 Å². The van der Waals surface area contributed by atoms with Gasteiger partial charge in [0.1, 0.15) is 0 Å². The minimum Gasteiger partial charge on any atom is -0.369 e. The van der Waals surface area contributed by atoms with E-state index < -0.39 is 0 Å². The lowest BCUT2D eigenvalue weighted by Crippen LogP contribution is -2.14. The fourth-order valence-corrected chi connectivity index (χ4v) is 1.55. The smallest absolute Gasteiger partial charge is 0.221 e. The summed E-state index contributed by atoms with van der Waals surface area (Å²) >= 11 is 0. The average molecular weight is 206 g/mol. The van der Waals surface area contributed by atoms with E-state index in [0.717, 1.165) is 24.1 Å². The van der Waals surface area contributed by atoms with E-state index in [-0.39, 0.29) is 12.3 Å². The van der Waals surface area contributed by atoms with E-state index in [1.165, 1.54) is 12.0 Å². The molecule has 0 saturated carbocycles. The lowest BCUT2D eigenvalue weighted by atomic mass is 10.0. The molecule has 0 aliphatic heterocycles. The number of nitrogens with two attached hydrogens (primary N) is 1. The fourth-order valence-electron chi connectivity index (χ4n) is 1.55. The highest BCUT2D eigenvalue weighted by atomic mass is 16.1. The summed E-state index contributed by atoms with van der Waals surface area (Å²) in [5.41, 5.74) is 8.35. The zero-order chi connectivity index (χ0) is 11.3. The molecule has 0 atom stereocenters. The molecule has 0 aliphatic rings. The first-order chi connectivity index (χ1) is 7.13. The van der Waals surface area contributed by atoms with Crippen LogP contribution in [0.3, 0.4) is 0 Å². The molecular formula is C12H18N2O. The fraction of sp³-hybridized carbons (Fsp3) is 0.500. The summed E-state index contributed by atoms with van der Waals surface area (Å²) in [6, 6.07) is 2.04. The molecule has 1 aromatic rings. The van der Waals surface area contributed by atoms with E-state index in [4.69, 9.17) is 5.73 Å². The lowest BCUT2D eigenvalue weighted by molar-refractivity contribution is -0.117. The molecule has 0 spiro atoms. The number of rotatable bonds is 5. The van der Waals surface area contributed by atoms with Gasteiger partial charge in [0.2, 0.25) is 5.91 Å². The largest absolute Gasteiger partial charge is 0.369 e. The summed E-state index contributed by atoms with van der Waals surface area (Å²) in [5, 5.41) is 0. The molecular weight excluding hydrogens is 188 g/mol. The number of unbranched alkanes of at least 4 members (excludes halogenated alkanes) is 1.